The van der Waals surface area contributed by atoms with Crippen LogP contribution in [0.2, 0.25) is 0 Å². The molecule has 0 unspecified atom stereocenters. The molecule has 0 spiro atoms. The van der Waals surface area contributed by atoms with Gasteiger partial charge in [-0.15, -0.1) is 0 Å². The Morgan fingerprint density at radius 3 is 2.77 bits per heavy atom. The van der Waals surface area contributed by atoms with Gasteiger partial charge in [0.25, 0.3) is 0 Å². The van der Waals surface area contributed by atoms with Crippen molar-refractivity contribution in [2.45, 2.75) is 69.2 Å². The Morgan fingerprint density at radius 2 is 2.00 bits per heavy atom. The van der Waals surface area contributed by atoms with Crippen molar-refractivity contribution in [2.24, 2.45) is 11.7 Å². The first-order valence-electron chi connectivity index (χ1n) is 9.77. The number of amides is 1. The lowest BCUT2D eigenvalue weighted by Crippen LogP contribution is -2.47. The van der Waals surface area contributed by atoms with Crippen LogP contribution in [0.5, 0.6) is 0 Å². The first-order chi connectivity index (χ1) is 12.6. The van der Waals surface area contributed by atoms with E-state index in [2.05, 4.69) is 33.2 Å². The van der Waals surface area contributed by atoms with Gasteiger partial charge in [-0.2, -0.15) is 0 Å². The van der Waals surface area contributed by atoms with Crippen molar-refractivity contribution in [3.05, 3.63) is 30.6 Å². The van der Waals surface area contributed by atoms with Gasteiger partial charge in [0.1, 0.15) is 5.65 Å². The summed E-state index contributed by atoms with van der Waals surface area (Å²) in [5.74, 6) is 0.0626. The highest BCUT2D eigenvalue weighted by Crippen LogP contribution is 2.32. The lowest BCUT2D eigenvalue weighted by Gasteiger charge is -2.33. The van der Waals surface area contributed by atoms with Gasteiger partial charge in [-0.05, 0) is 63.1 Å². The molecule has 2 saturated carbocycles. The Morgan fingerprint density at radius 1 is 1.19 bits per heavy atom. The molecular weight excluding hydrogens is 328 g/mol. The smallest absolute Gasteiger partial charge is 0.223 e. The van der Waals surface area contributed by atoms with Crippen LogP contribution < -0.4 is 11.1 Å². The summed E-state index contributed by atoms with van der Waals surface area (Å²) in [5.41, 5.74) is 6.97. The molecule has 6 heteroatoms. The number of fused-ring (bicyclic) bond motifs is 1. The van der Waals surface area contributed by atoms with Crippen LogP contribution in [-0.4, -0.2) is 38.8 Å². The number of aromatic nitrogens is 2. The predicted molar refractivity (Wildman–Crippen MR) is 100 cm³/mol. The summed E-state index contributed by atoms with van der Waals surface area (Å²) in [7, 11) is 0. The molecule has 2 heterocycles. The molecule has 0 aliphatic heterocycles. The van der Waals surface area contributed by atoms with E-state index in [1.165, 1.54) is 5.39 Å². The molecular formula is C20H28N4O2. The molecule has 26 heavy (non-hydrogen) atoms. The van der Waals surface area contributed by atoms with Crippen LogP contribution in [-0.2, 0) is 4.79 Å². The summed E-state index contributed by atoms with van der Waals surface area (Å²) in [6.07, 6.45) is 9.54. The first kappa shape index (κ1) is 17.5. The fraction of sp³-hybridized carbons (Fsp3) is 0.600. The average molecular weight is 356 g/mol. The van der Waals surface area contributed by atoms with Crippen molar-refractivity contribution in [3.63, 3.8) is 0 Å². The molecule has 2 aromatic heterocycles. The predicted octanol–water partition coefficient (Wildman–Crippen LogP) is 2.12. The molecule has 3 atom stereocenters. The van der Waals surface area contributed by atoms with E-state index in [-0.39, 0.29) is 23.9 Å². The van der Waals surface area contributed by atoms with E-state index in [1.807, 2.05) is 12.3 Å². The fourth-order valence-corrected chi connectivity index (χ4v) is 4.53. The van der Waals surface area contributed by atoms with Gasteiger partial charge < -0.3 is 20.7 Å². The highest BCUT2D eigenvalue weighted by molar-refractivity contribution is 5.79. The molecule has 6 nitrogen and oxygen atoms in total. The summed E-state index contributed by atoms with van der Waals surface area (Å²) in [6.45, 7) is 0. The van der Waals surface area contributed by atoms with E-state index in [0.717, 1.165) is 37.8 Å². The summed E-state index contributed by atoms with van der Waals surface area (Å²) < 4.78 is 2.29. The van der Waals surface area contributed by atoms with Crippen LogP contribution in [0.1, 0.15) is 51.0 Å². The monoisotopic (exact) mass is 356 g/mol. The molecule has 0 bridgehead atoms. The number of nitrogens with zero attached hydrogens (tertiary/aromatic N) is 2. The highest BCUT2D eigenvalue weighted by Gasteiger charge is 2.32. The molecule has 0 aromatic carbocycles. The maximum Gasteiger partial charge on any atom is 0.223 e. The summed E-state index contributed by atoms with van der Waals surface area (Å²) >= 11 is 0. The van der Waals surface area contributed by atoms with Crippen molar-refractivity contribution in [2.75, 3.05) is 0 Å². The first-order valence-corrected chi connectivity index (χ1v) is 9.77. The van der Waals surface area contributed by atoms with E-state index < -0.39 is 6.10 Å². The zero-order valence-corrected chi connectivity index (χ0v) is 15.1. The highest BCUT2D eigenvalue weighted by atomic mass is 16.3. The Hall–Kier alpha value is -1.92. The SMILES string of the molecule is N[C@@H]1C[C@@H](C(=O)NC2CCC(n3ccc4cccnc43)CC2)CC[C@H]1O. The van der Waals surface area contributed by atoms with Crippen LogP contribution >= 0.6 is 0 Å². The number of aliphatic hydroxyl groups is 1. The second-order valence-corrected chi connectivity index (χ2v) is 7.89. The number of nitrogens with two attached hydrogens (primary N) is 1. The van der Waals surface area contributed by atoms with Crippen molar-refractivity contribution in [3.8, 4) is 0 Å². The van der Waals surface area contributed by atoms with Gasteiger partial charge in [-0.1, -0.05) is 0 Å². The zero-order valence-electron chi connectivity index (χ0n) is 15.1. The van der Waals surface area contributed by atoms with E-state index in [4.69, 9.17) is 5.73 Å². The second kappa shape index (κ2) is 7.37. The summed E-state index contributed by atoms with van der Waals surface area (Å²) in [5, 5.41) is 14.1. The molecule has 0 saturated heterocycles. The third-order valence-electron chi connectivity index (χ3n) is 6.15. The van der Waals surface area contributed by atoms with Crippen LogP contribution in [0.4, 0.5) is 0 Å². The third kappa shape index (κ3) is 3.48. The van der Waals surface area contributed by atoms with Gasteiger partial charge in [0.05, 0.1) is 6.10 Å². The minimum Gasteiger partial charge on any atom is -0.392 e. The van der Waals surface area contributed by atoms with Gasteiger partial charge in [0.2, 0.25) is 5.91 Å². The van der Waals surface area contributed by atoms with E-state index in [1.54, 1.807) is 0 Å². The van der Waals surface area contributed by atoms with Crippen molar-refractivity contribution >= 4 is 16.9 Å². The molecule has 2 aliphatic rings. The number of hydrogen-bond donors (Lipinski definition) is 3. The number of aliphatic hydroxyl groups excluding tert-OH is 1. The second-order valence-electron chi connectivity index (χ2n) is 7.89. The standard InChI is InChI=1S/C20H28N4O2/c21-17-12-14(3-8-18(17)25)20(26)23-15-4-6-16(7-5-15)24-11-9-13-2-1-10-22-19(13)24/h1-2,9-11,14-18,25H,3-8,12,21H2,(H,23,26)/t14-,15?,16?,17+,18+/m0/s1. The van der Waals surface area contributed by atoms with Crippen molar-refractivity contribution in [1.82, 2.24) is 14.9 Å². The van der Waals surface area contributed by atoms with Gasteiger partial charge >= 0.3 is 0 Å². The fourth-order valence-electron chi connectivity index (χ4n) is 4.53. The minimum absolute atomic E-state index is 0.0521. The zero-order chi connectivity index (χ0) is 18.1. The van der Waals surface area contributed by atoms with Gasteiger partial charge in [-0.3, -0.25) is 4.79 Å². The number of carbonyl (C=O) groups is 1. The quantitative estimate of drug-likeness (QED) is 0.785. The molecule has 1 amide bonds. The number of hydrogen-bond acceptors (Lipinski definition) is 4. The third-order valence-corrected chi connectivity index (χ3v) is 6.15. The van der Waals surface area contributed by atoms with Crippen molar-refractivity contribution < 1.29 is 9.90 Å². The molecule has 4 rings (SSSR count). The summed E-state index contributed by atoms with van der Waals surface area (Å²) in [6, 6.07) is 6.61. The van der Waals surface area contributed by atoms with E-state index in [0.29, 0.717) is 18.9 Å². The maximum atomic E-state index is 12.5. The Balaban J connectivity index is 1.32. The average Bonchev–Trinajstić information content (AvgIpc) is 3.09. The van der Waals surface area contributed by atoms with Gasteiger partial charge in [-0.25, -0.2) is 4.98 Å². The largest absolute Gasteiger partial charge is 0.392 e. The van der Waals surface area contributed by atoms with Crippen LogP contribution in [0.25, 0.3) is 11.0 Å². The minimum atomic E-state index is -0.459. The lowest BCUT2D eigenvalue weighted by atomic mass is 9.83. The van der Waals surface area contributed by atoms with Crippen LogP contribution in [0.3, 0.4) is 0 Å². The molecule has 4 N–H and O–H groups in total. The van der Waals surface area contributed by atoms with Crippen LogP contribution in [0, 0.1) is 5.92 Å². The number of rotatable bonds is 3. The molecule has 0 radical (unpaired) electrons. The normalized spacial score (nSPS) is 32.5. The molecule has 140 valence electrons. The van der Waals surface area contributed by atoms with Gasteiger partial charge in [0, 0.05) is 41.8 Å². The molecule has 2 aliphatic carbocycles. The molecule has 2 aromatic rings. The Bertz CT molecular complexity index is 766. The summed E-state index contributed by atoms with van der Waals surface area (Å²) in [4.78, 5) is 17.1. The topological polar surface area (TPSA) is 93.2 Å². The number of pyridine rings is 1. The van der Waals surface area contributed by atoms with E-state index >= 15 is 0 Å². The van der Waals surface area contributed by atoms with Gasteiger partial charge in [0.15, 0.2) is 0 Å². The Kier molecular flexibility index (Phi) is 4.96. The Labute approximate surface area is 153 Å². The van der Waals surface area contributed by atoms with Crippen LogP contribution in [0.15, 0.2) is 30.6 Å². The maximum absolute atomic E-state index is 12.5. The number of carbonyl (C=O) groups excluding carboxylic acids is 1. The molecule has 2 fully saturated rings. The lowest BCUT2D eigenvalue weighted by molar-refractivity contribution is -0.127. The number of nitrogens with one attached hydrogen (secondary N) is 1. The van der Waals surface area contributed by atoms with E-state index in [9.17, 15) is 9.90 Å². The van der Waals surface area contributed by atoms with Crippen molar-refractivity contribution in [1.29, 1.82) is 0 Å².